The first-order chi connectivity index (χ1) is 9.24. The van der Waals surface area contributed by atoms with Crippen molar-refractivity contribution in [2.75, 3.05) is 7.11 Å². The molecule has 0 saturated carbocycles. The van der Waals surface area contributed by atoms with Crippen LogP contribution in [0.3, 0.4) is 0 Å². The molecule has 2 saturated heterocycles. The van der Waals surface area contributed by atoms with Crippen LogP contribution in [0.2, 0.25) is 0 Å². The molecule has 19 heavy (non-hydrogen) atoms. The minimum atomic E-state index is -0.188. The SMILES string of the molecule is CCCC[C@@H]1O[C@H](CC(=O)OC)[C@@H]2[C@H]1[C@H]1C=C[C@@H]2O1. The maximum absolute atomic E-state index is 11.5. The second-order valence-corrected chi connectivity index (χ2v) is 5.74. The van der Waals surface area contributed by atoms with Gasteiger partial charge in [0.1, 0.15) is 0 Å². The zero-order chi connectivity index (χ0) is 13.4. The molecule has 0 aromatic rings. The molecule has 0 aromatic carbocycles. The zero-order valence-electron chi connectivity index (χ0n) is 11.6. The van der Waals surface area contributed by atoms with Crippen molar-refractivity contribution in [1.82, 2.24) is 0 Å². The fourth-order valence-corrected chi connectivity index (χ4v) is 3.79. The van der Waals surface area contributed by atoms with Crippen LogP contribution in [0, 0.1) is 11.8 Å². The normalized spacial score (nSPS) is 42.6. The molecule has 0 N–H and O–H groups in total. The minimum Gasteiger partial charge on any atom is -0.469 e. The number of methoxy groups -OCH3 is 1. The van der Waals surface area contributed by atoms with Crippen molar-refractivity contribution in [2.45, 2.75) is 57.0 Å². The lowest BCUT2D eigenvalue weighted by Gasteiger charge is -2.21. The van der Waals surface area contributed by atoms with Gasteiger partial charge in [-0.25, -0.2) is 0 Å². The van der Waals surface area contributed by atoms with Crippen LogP contribution in [0.5, 0.6) is 0 Å². The van der Waals surface area contributed by atoms with Crippen LogP contribution in [0.25, 0.3) is 0 Å². The van der Waals surface area contributed by atoms with Gasteiger partial charge in [-0.1, -0.05) is 31.9 Å². The molecule has 0 unspecified atom stereocenters. The van der Waals surface area contributed by atoms with Crippen molar-refractivity contribution >= 4 is 5.97 Å². The third-order valence-electron chi connectivity index (χ3n) is 4.65. The molecule has 0 amide bonds. The Labute approximate surface area is 114 Å². The van der Waals surface area contributed by atoms with Crippen LogP contribution < -0.4 is 0 Å². The highest BCUT2D eigenvalue weighted by atomic mass is 16.5. The number of hydrogen-bond acceptors (Lipinski definition) is 4. The number of ether oxygens (including phenoxy) is 3. The molecule has 0 aliphatic carbocycles. The zero-order valence-corrected chi connectivity index (χ0v) is 11.6. The average molecular weight is 266 g/mol. The number of hydrogen-bond donors (Lipinski definition) is 0. The van der Waals surface area contributed by atoms with E-state index in [2.05, 4.69) is 19.1 Å². The van der Waals surface area contributed by atoms with Crippen molar-refractivity contribution in [3.8, 4) is 0 Å². The Bertz CT molecular complexity index is 378. The Morgan fingerprint density at radius 1 is 1.16 bits per heavy atom. The van der Waals surface area contributed by atoms with E-state index in [4.69, 9.17) is 14.2 Å². The van der Waals surface area contributed by atoms with Crippen molar-refractivity contribution < 1.29 is 19.0 Å². The van der Waals surface area contributed by atoms with Gasteiger partial charge in [-0.05, 0) is 6.42 Å². The summed E-state index contributed by atoms with van der Waals surface area (Å²) in [6.07, 6.45) is 8.56. The molecule has 0 aromatic heterocycles. The fraction of sp³-hybridized carbons (Fsp3) is 0.800. The minimum absolute atomic E-state index is 0.0424. The summed E-state index contributed by atoms with van der Waals surface area (Å²) in [6, 6.07) is 0. The highest BCUT2D eigenvalue weighted by Gasteiger charge is 2.57. The lowest BCUT2D eigenvalue weighted by atomic mass is 9.77. The van der Waals surface area contributed by atoms with E-state index in [1.807, 2.05) is 0 Å². The summed E-state index contributed by atoms with van der Waals surface area (Å²) in [5, 5.41) is 0. The topological polar surface area (TPSA) is 44.8 Å². The molecule has 4 nitrogen and oxygen atoms in total. The summed E-state index contributed by atoms with van der Waals surface area (Å²) in [5.41, 5.74) is 0. The van der Waals surface area contributed by atoms with Crippen LogP contribution >= 0.6 is 0 Å². The van der Waals surface area contributed by atoms with Crippen LogP contribution in [0.15, 0.2) is 12.2 Å². The van der Waals surface area contributed by atoms with E-state index < -0.39 is 0 Å². The Morgan fingerprint density at radius 2 is 1.84 bits per heavy atom. The third kappa shape index (κ3) is 2.21. The first kappa shape index (κ1) is 13.1. The molecule has 2 bridgehead atoms. The molecular weight excluding hydrogens is 244 g/mol. The second-order valence-electron chi connectivity index (χ2n) is 5.74. The van der Waals surface area contributed by atoms with Gasteiger partial charge in [-0.3, -0.25) is 4.79 Å². The number of carbonyl (C=O) groups excluding carboxylic acids is 1. The van der Waals surface area contributed by atoms with E-state index >= 15 is 0 Å². The van der Waals surface area contributed by atoms with E-state index in [0.29, 0.717) is 18.3 Å². The van der Waals surface area contributed by atoms with Gasteiger partial charge in [0.05, 0.1) is 37.9 Å². The van der Waals surface area contributed by atoms with Crippen LogP contribution in [-0.4, -0.2) is 37.5 Å². The number of carbonyl (C=O) groups is 1. The monoisotopic (exact) mass is 266 g/mol. The van der Waals surface area contributed by atoms with Crippen molar-refractivity contribution in [2.24, 2.45) is 11.8 Å². The van der Waals surface area contributed by atoms with E-state index in [0.717, 1.165) is 6.42 Å². The summed E-state index contributed by atoms with van der Waals surface area (Å²) in [4.78, 5) is 11.5. The third-order valence-corrected chi connectivity index (χ3v) is 4.65. The summed E-state index contributed by atoms with van der Waals surface area (Å²) >= 11 is 0. The smallest absolute Gasteiger partial charge is 0.308 e. The number of unbranched alkanes of at least 4 members (excludes halogenated alkanes) is 1. The van der Waals surface area contributed by atoms with Crippen molar-refractivity contribution in [3.05, 3.63) is 12.2 Å². The van der Waals surface area contributed by atoms with Crippen molar-refractivity contribution in [1.29, 1.82) is 0 Å². The molecule has 0 radical (unpaired) electrons. The predicted octanol–water partition coefficient (Wildman–Crippen LogP) is 2.08. The van der Waals surface area contributed by atoms with Gasteiger partial charge in [0.15, 0.2) is 0 Å². The summed E-state index contributed by atoms with van der Waals surface area (Å²) in [7, 11) is 1.43. The number of esters is 1. The maximum atomic E-state index is 11.5. The lowest BCUT2D eigenvalue weighted by molar-refractivity contribution is -0.144. The number of fused-ring (bicyclic) bond motifs is 5. The van der Waals surface area contributed by atoms with Crippen molar-refractivity contribution in [3.63, 3.8) is 0 Å². The largest absolute Gasteiger partial charge is 0.469 e. The number of rotatable bonds is 5. The first-order valence-corrected chi connectivity index (χ1v) is 7.30. The van der Waals surface area contributed by atoms with Gasteiger partial charge in [0, 0.05) is 11.8 Å². The Balaban J connectivity index is 1.73. The second kappa shape index (κ2) is 5.25. The van der Waals surface area contributed by atoms with Gasteiger partial charge in [0.2, 0.25) is 0 Å². The Morgan fingerprint density at radius 3 is 2.47 bits per heavy atom. The standard InChI is InChI=1S/C15H22O4/c1-3-4-5-9-14-10-6-7-11(18-10)15(14)12(19-9)8-13(16)17-2/h6-7,9-12,14-15H,3-5,8H2,1-2H3/t9-,10+,11-,12+,14+,15+/m0/s1. The van der Waals surface area contributed by atoms with Gasteiger partial charge in [-0.15, -0.1) is 0 Å². The summed E-state index contributed by atoms with van der Waals surface area (Å²) < 4.78 is 16.9. The molecule has 3 heterocycles. The molecule has 3 aliphatic heterocycles. The molecule has 3 rings (SSSR count). The van der Waals surface area contributed by atoms with Gasteiger partial charge < -0.3 is 14.2 Å². The van der Waals surface area contributed by atoms with Gasteiger partial charge in [-0.2, -0.15) is 0 Å². The van der Waals surface area contributed by atoms with E-state index in [9.17, 15) is 4.79 Å². The van der Waals surface area contributed by atoms with E-state index in [1.165, 1.54) is 20.0 Å². The van der Waals surface area contributed by atoms with E-state index in [1.54, 1.807) is 0 Å². The van der Waals surface area contributed by atoms with Gasteiger partial charge >= 0.3 is 5.97 Å². The molecule has 4 heteroatoms. The Kier molecular flexibility index (Phi) is 3.63. The fourth-order valence-electron chi connectivity index (χ4n) is 3.79. The summed E-state index contributed by atoms with van der Waals surface area (Å²) in [6.45, 7) is 2.19. The van der Waals surface area contributed by atoms with Crippen LogP contribution in [0.1, 0.15) is 32.6 Å². The van der Waals surface area contributed by atoms with Crippen LogP contribution in [0.4, 0.5) is 0 Å². The van der Waals surface area contributed by atoms with Crippen LogP contribution in [-0.2, 0) is 19.0 Å². The predicted molar refractivity (Wildman–Crippen MR) is 69.6 cm³/mol. The van der Waals surface area contributed by atoms with E-state index in [-0.39, 0.29) is 30.4 Å². The molecular formula is C15H22O4. The highest BCUT2D eigenvalue weighted by Crippen LogP contribution is 2.50. The van der Waals surface area contributed by atoms with Gasteiger partial charge in [0.25, 0.3) is 0 Å². The first-order valence-electron chi connectivity index (χ1n) is 7.30. The molecule has 2 fully saturated rings. The molecule has 6 atom stereocenters. The average Bonchev–Trinajstić information content (AvgIpc) is 3.09. The molecule has 106 valence electrons. The maximum Gasteiger partial charge on any atom is 0.308 e. The quantitative estimate of drug-likeness (QED) is 0.564. The Hall–Kier alpha value is -0.870. The lowest BCUT2D eigenvalue weighted by Crippen LogP contribution is -2.31. The molecule has 3 aliphatic rings. The highest BCUT2D eigenvalue weighted by molar-refractivity contribution is 5.70. The summed E-state index contributed by atoms with van der Waals surface area (Å²) in [5.74, 6) is 0.568. The molecule has 0 spiro atoms.